The second-order valence-electron chi connectivity index (χ2n) is 0.866. The van der Waals surface area contributed by atoms with Gasteiger partial charge in [-0.25, -0.2) is 4.99 Å². The van der Waals surface area contributed by atoms with Crippen LogP contribution < -0.4 is 0 Å². The third-order valence-corrected chi connectivity index (χ3v) is 0.509. The van der Waals surface area contributed by atoms with E-state index in [-0.39, 0.29) is 0 Å². The molecule has 0 fully saturated rings. The minimum Gasteiger partial charge on any atom is -0.468 e. The van der Waals surface area contributed by atoms with E-state index in [0.29, 0.717) is 13.1 Å². The molecule has 52 valence electrons. The Bertz CT molecular complexity index is 99.1. The van der Waals surface area contributed by atoms with Gasteiger partial charge in [-0.1, -0.05) is 0 Å². The fourth-order valence-electron chi connectivity index (χ4n) is 0.0680. The molecule has 0 rings (SSSR count). The van der Waals surface area contributed by atoms with Crippen LogP contribution >= 0.6 is 12.2 Å². The maximum Gasteiger partial charge on any atom is 0.293 e. The Morgan fingerprint density at radius 1 is 1.89 bits per heavy atom. The monoisotopic (exact) mass is 147 g/mol. The molecule has 0 unspecified atom stereocenters. The first-order valence-corrected chi connectivity index (χ1v) is 2.75. The lowest BCUT2D eigenvalue weighted by Gasteiger charge is -1.79. The predicted molar refractivity (Wildman–Crippen MR) is 38.6 cm³/mol. The molecule has 0 saturated heterocycles. The molecule has 0 aliphatic rings. The van der Waals surface area contributed by atoms with Gasteiger partial charge in [-0.15, -0.1) is 0 Å². The van der Waals surface area contributed by atoms with Gasteiger partial charge in [0.25, 0.3) is 6.47 Å². The molecule has 0 atom stereocenters. The quantitative estimate of drug-likeness (QED) is 0.331. The van der Waals surface area contributed by atoms with Gasteiger partial charge in [0.15, 0.2) is 0 Å². The molecule has 9 heavy (non-hydrogen) atoms. The summed E-state index contributed by atoms with van der Waals surface area (Å²) in [7, 11) is 1.59. The molecular weight excluding hydrogens is 138 g/mol. The van der Waals surface area contributed by atoms with Gasteiger partial charge in [-0.2, -0.15) is 0 Å². The summed E-state index contributed by atoms with van der Waals surface area (Å²) in [6.07, 6.45) is 0. The van der Waals surface area contributed by atoms with Crippen molar-refractivity contribution in [1.82, 2.24) is 0 Å². The zero-order valence-corrected chi connectivity index (χ0v) is 6.27. The van der Waals surface area contributed by atoms with Crippen LogP contribution in [0.2, 0.25) is 0 Å². The molecule has 0 saturated carbocycles. The first kappa shape index (κ1) is 11.1. The minimum absolute atomic E-state index is 0.431. The van der Waals surface area contributed by atoms with Crippen LogP contribution in [-0.2, 0) is 9.53 Å². The molecular formula is C5H9NO2S. The smallest absolute Gasteiger partial charge is 0.293 e. The van der Waals surface area contributed by atoms with E-state index in [0.717, 1.165) is 0 Å². The second kappa shape index (κ2) is 15.7. The number of carbonyl (C=O) groups excluding carboxylic acids is 1. The summed E-state index contributed by atoms with van der Waals surface area (Å²) in [5.41, 5.74) is 0. The van der Waals surface area contributed by atoms with Gasteiger partial charge >= 0.3 is 0 Å². The molecule has 4 heteroatoms. The zero-order chi connectivity index (χ0) is 7.54. The maximum absolute atomic E-state index is 9.18. The van der Waals surface area contributed by atoms with Gasteiger partial charge in [-0.3, -0.25) is 4.79 Å². The Hall–Kier alpha value is -0.730. The van der Waals surface area contributed by atoms with Crippen LogP contribution in [0.5, 0.6) is 0 Å². The largest absolute Gasteiger partial charge is 0.468 e. The highest BCUT2D eigenvalue weighted by Gasteiger charge is 1.60. The third kappa shape index (κ3) is 39.2. The number of ether oxygens (including phenoxy) is 1. The zero-order valence-electron chi connectivity index (χ0n) is 5.46. The van der Waals surface area contributed by atoms with Crippen LogP contribution in [0.15, 0.2) is 4.99 Å². The fraction of sp³-hybridized carbons (Fsp3) is 0.600. The van der Waals surface area contributed by atoms with E-state index in [1.165, 1.54) is 0 Å². The molecule has 0 heterocycles. The van der Waals surface area contributed by atoms with Crippen molar-refractivity contribution in [2.75, 3.05) is 13.7 Å². The highest BCUT2D eigenvalue weighted by atomic mass is 32.1. The summed E-state index contributed by atoms with van der Waals surface area (Å²) in [6.45, 7) is 2.66. The molecule has 0 aromatic carbocycles. The standard InChI is InChI=1S/C3H6O2.C2H3NS/c1-2-5-3-4;1-3-2-4/h3H,2H2,1H3;1H3. The van der Waals surface area contributed by atoms with Gasteiger partial charge in [-0.05, 0) is 19.1 Å². The minimum atomic E-state index is 0.431. The van der Waals surface area contributed by atoms with Crippen molar-refractivity contribution in [3.8, 4) is 0 Å². The molecule has 3 nitrogen and oxygen atoms in total. The average Bonchev–Trinajstić information content (AvgIpc) is 1.91. The van der Waals surface area contributed by atoms with Crippen molar-refractivity contribution in [3.63, 3.8) is 0 Å². The Labute approximate surface area is 59.7 Å². The van der Waals surface area contributed by atoms with Crippen LogP contribution in [0.3, 0.4) is 0 Å². The lowest BCUT2D eigenvalue weighted by atomic mass is 10.9. The Kier molecular flexibility index (Phi) is 19.4. The van der Waals surface area contributed by atoms with E-state index in [9.17, 15) is 4.79 Å². The van der Waals surface area contributed by atoms with Crippen molar-refractivity contribution in [3.05, 3.63) is 0 Å². The van der Waals surface area contributed by atoms with E-state index in [1.807, 2.05) is 0 Å². The SMILES string of the molecule is CCOC=O.CN=C=S. The van der Waals surface area contributed by atoms with E-state index < -0.39 is 0 Å². The van der Waals surface area contributed by atoms with Crippen molar-refractivity contribution in [2.24, 2.45) is 4.99 Å². The average molecular weight is 147 g/mol. The molecule has 0 radical (unpaired) electrons. The van der Waals surface area contributed by atoms with Crippen LogP contribution in [0.4, 0.5) is 0 Å². The number of isothiocyanates is 1. The highest BCUT2D eigenvalue weighted by Crippen LogP contribution is 1.55. The Morgan fingerprint density at radius 3 is 2.33 bits per heavy atom. The first-order valence-electron chi connectivity index (χ1n) is 2.34. The molecule has 0 amide bonds. The Morgan fingerprint density at radius 2 is 2.33 bits per heavy atom. The number of aliphatic imine (C=N–C) groups is 1. The van der Waals surface area contributed by atoms with Crippen molar-refractivity contribution in [2.45, 2.75) is 6.92 Å². The van der Waals surface area contributed by atoms with Gasteiger partial charge in [0.05, 0.1) is 11.8 Å². The lowest BCUT2D eigenvalue weighted by molar-refractivity contribution is -0.128. The number of hydrogen-bond donors (Lipinski definition) is 0. The number of hydrogen-bond acceptors (Lipinski definition) is 4. The molecule has 0 aliphatic carbocycles. The molecule has 0 aliphatic heterocycles. The molecule has 0 bridgehead atoms. The summed E-state index contributed by atoms with van der Waals surface area (Å²) in [5.74, 6) is 0. The highest BCUT2D eigenvalue weighted by molar-refractivity contribution is 7.78. The maximum atomic E-state index is 9.18. The number of rotatable bonds is 2. The number of thiocarbonyl (C=S) groups is 1. The summed E-state index contributed by atoms with van der Waals surface area (Å²) in [6, 6.07) is 0. The van der Waals surface area contributed by atoms with Crippen molar-refractivity contribution < 1.29 is 9.53 Å². The second-order valence-corrected chi connectivity index (χ2v) is 1.05. The van der Waals surface area contributed by atoms with E-state index in [4.69, 9.17) is 0 Å². The van der Waals surface area contributed by atoms with E-state index >= 15 is 0 Å². The topological polar surface area (TPSA) is 38.7 Å². The fourth-order valence-corrected chi connectivity index (χ4v) is 0.0680. The predicted octanol–water partition coefficient (Wildman–Crippen LogP) is 0.898. The van der Waals surface area contributed by atoms with Crippen LogP contribution in [0.25, 0.3) is 0 Å². The van der Waals surface area contributed by atoms with Crippen molar-refractivity contribution >= 4 is 23.9 Å². The molecule has 0 aromatic rings. The van der Waals surface area contributed by atoms with Gasteiger partial charge in [0, 0.05) is 7.05 Å². The summed E-state index contributed by atoms with van der Waals surface area (Å²) < 4.78 is 4.15. The first-order chi connectivity index (χ1) is 4.33. The van der Waals surface area contributed by atoms with E-state index in [1.54, 1.807) is 14.0 Å². The molecule has 0 spiro atoms. The van der Waals surface area contributed by atoms with Crippen molar-refractivity contribution in [1.29, 1.82) is 0 Å². The number of nitrogens with zero attached hydrogens (tertiary/aromatic N) is 1. The summed E-state index contributed by atoms with van der Waals surface area (Å²) in [5, 5.41) is 2.14. The van der Waals surface area contributed by atoms with Crippen LogP contribution in [0.1, 0.15) is 6.92 Å². The summed E-state index contributed by atoms with van der Waals surface area (Å²) >= 11 is 4.14. The Balaban J connectivity index is 0. The lowest BCUT2D eigenvalue weighted by Crippen LogP contribution is -1.80. The summed E-state index contributed by atoms with van der Waals surface area (Å²) in [4.78, 5) is 12.5. The van der Waals surface area contributed by atoms with Crippen LogP contribution in [0, 0.1) is 0 Å². The molecule has 0 N–H and O–H groups in total. The molecule has 0 aromatic heterocycles. The van der Waals surface area contributed by atoms with E-state index in [2.05, 4.69) is 27.1 Å². The van der Waals surface area contributed by atoms with Gasteiger partial charge in [0.2, 0.25) is 0 Å². The normalized spacial score (nSPS) is 5.56. The van der Waals surface area contributed by atoms with Gasteiger partial charge < -0.3 is 4.74 Å². The van der Waals surface area contributed by atoms with Gasteiger partial charge in [0.1, 0.15) is 0 Å². The third-order valence-electron chi connectivity index (χ3n) is 0.326. The number of carbonyl (C=O) groups is 1. The van der Waals surface area contributed by atoms with Crippen LogP contribution in [-0.4, -0.2) is 25.3 Å².